The van der Waals surface area contributed by atoms with Crippen molar-refractivity contribution in [1.29, 1.82) is 0 Å². The Morgan fingerprint density at radius 1 is 1.16 bits per heavy atom. The maximum Gasteiger partial charge on any atom is 0.226 e. The second-order valence-electron chi connectivity index (χ2n) is 3.36. The Morgan fingerprint density at radius 3 is 2.74 bits per heavy atom. The number of benzene rings is 1. The number of hydrogen-bond donors (Lipinski definition) is 0. The summed E-state index contributed by atoms with van der Waals surface area (Å²) in [5, 5.41) is 0.936. The third-order valence-corrected chi connectivity index (χ3v) is 2.58. The van der Waals surface area contributed by atoms with E-state index in [0.29, 0.717) is 21.7 Å². The van der Waals surface area contributed by atoms with Crippen molar-refractivity contribution in [3.05, 3.63) is 40.6 Å². The van der Waals surface area contributed by atoms with Gasteiger partial charge in [0.1, 0.15) is 12.1 Å². The molecule has 1 heterocycles. The Bertz CT molecular complexity index is 626. The van der Waals surface area contributed by atoms with E-state index in [4.69, 9.17) is 39.1 Å². The second kappa shape index (κ2) is 6.28. The van der Waals surface area contributed by atoms with Crippen molar-refractivity contribution in [3.63, 3.8) is 0 Å². The first-order valence-corrected chi connectivity index (χ1v) is 5.96. The van der Waals surface area contributed by atoms with Gasteiger partial charge in [-0.15, -0.1) is 6.42 Å². The van der Waals surface area contributed by atoms with Crippen LogP contribution in [0.1, 0.15) is 0 Å². The predicted octanol–water partition coefficient (Wildman–Crippen LogP) is 3.59. The molecule has 0 amide bonds. The molecule has 0 N–H and O–H groups in total. The summed E-state index contributed by atoms with van der Waals surface area (Å²) in [6.45, 7) is 0.119. The van der Waals surface area contributed by atoms with Crippen molar-refractivity contribution in [2.45, 2.75) is 0 Å². The Labute approximate surface area is 120 Å². The van der Waals surface area contributed by atoms with E-state index in [1.165, 1.54) is 12.4 Å². The molecular weight excluding hydrogens is 287 g/mol. The summed E-state index contributed by atoms with van der Waals surface area (Å²) in [6, 6.07) is 6.40. The average Bonchev–Trinajstić information content (AvgIpc) is 2.41. The first kappa shape index (κ1) is 13.5. The first-order chi connectivity index (χ1) is 9.19. The smallest absolute Gasteiger partial charge is 0.226 e. The zero-order valence-electron chi connectivity index (χ0n) is 9.64. The molecule has 1 aromatic carbocycles. The van der Waals surface area contributed by atoms with Gasteiger partial charge in [-0.3, -0.25) is 0 Å². The van der Waals surface area contributed by atoms with Gasteiger partial charge < -0.3 is 9.47 Å². The van der Waals surface area contributed by atoms with Crippen LogP contribution in [0.5, 0.6) is 17.5 Å². The van der Waals surface area contributed by atoms with Gasteiger partial charge in [-0.05, 0) is 12.1 Å². The molecule has 0 radical (unpaired) electrons. The average molecular weight is 295 g/mol. The number of rotatable bonds is 4. The summed E-state index contributed by atoms with van der Waals surface area (Å²) in [7, 11) is 0. The van der Waals surface area contributed by atoms with Gasteiger partial charge in [-0.2, -0.15) is 0 Å². The number of terminal acetylenes is 1. The van der Waals surface area contributed by atoms with Crippen LogP contribution >= 0.6 is 23.2 Å². The molecule has 0 spiro atoms. The molecular formula is C13H8Cl2N2O2. The van der Waals surface area contributed by atoms with Gasteiger partial charge in [-0.1, -0.05) is 29.1 Å². The molecule has 0 atom stereocenters. The van der Waals surface area contributed by atoms with Gasteiger partial charge in [0, 0.05) is 11.1 Å². The molecule has 0 aliphatic rings. The van der Waals surface area contributed by atoms with E-state index in [9.17, 15) is 0 Å². The highest BCUT2D eigenvalue weighted by molar-refractivity contribution is 6.34. The Balaban J connectivity index is 2.19. The first-order valence-electron chi connectivity index (χ1n) is 5.20. The Morgan fingerprint density at radius 2 is 1.95 bits per heavy atom. The molecule has 0 bridgehead atoms. The van der Waals surface area contributed by atoms with Crippen molar-refractivity contribution in [2.75, 3.05) is 6.61 Å². The molecule has 1 aromatic heterocycles. The summed E-state index contributed by atoms with van der Waals surface area (Å²) in [5.74, 6) is 3.34. The Kier molecular flexibility index (Phi) is 4.45. The van der Waals surface area contributed by atoms with Gasteiger partial charge in [0.2, 0.25) is 11.8 Å². The van der Waals surface area contributed by atoms with Crippen LogP contribution < -0.4 is 9.47 Å². The molecule has 0 saturated carbocycles. The number of halogens is 2. The summed E-state index contributed by atoms with van der Waals surface area (Å²) in [6.07, 6.45) is 6.40. The van der Waals surface area contributed by atoms with Crippen molar-refractivity contribution in [2.24, 2.45) is 0 Å². The fraction of sp³-hybridized carbons (Fsp3) is 0.0769. The van der Waals surface area contributed by atoms with E-state index in [0.717, 1.165) is 0 Å². The standard InChI is InChI=1S/C13H8Cl2N2O2/c1-2-5-18-12-7-13(17-8-16-12)19-11-6-9(14)3-4-10(11)15/h1,3-4,6-8H,5H2. The lowest BCUT2D eigenvalue weighted by atomic mass is 10.3. The molecule has 0 aliphatic heterocycles. The van der Waals surface area contributed by atoms with Gasteiger partial charge in [-0.25, -0.2) is 9.97 Å². The largest absolute Gasteiger partial charge is 0.464 e. The lowest BCUT2D eigenvalue weighted by molar-refractivity contribution is 0.350. The van der Waals surface area contributed by atoms with Crippen LogP contribution in [0.2, 0.25) is 10.0 Å². The summed E-state index contributed by atoms with van der Waals surface area (Å²) < 4.78 is 10.7. The fourth-order valence-corrected chi connectivity index (χ4v) is 1.56. The fourth-order valence-electron chi connectivity index (χ4n) is 1.24. The van der Waals surface area contributed by atoms with Crippen LogP contribution in [-0.2, 0) is 0 Å². The third kappa shape index (κ3) is 3.75. The van der Waals surface area contributed by atoms with Crippen LogP contribution in [0.4, 0.5) is 0 Å². The van der Waals surface area contributed by atoms with Gasteiger partial charge >= 0.3 is 0 Å². The molecule has 6 heteroatoms. The highest BCUT2D eigenvalue weighted by Gasteiger charge is 2.06. The van der Waals surface area contributed by atoms with Crippen LogP contribution in [0, 0.1) is 12.3 Å². The third-order valence-electron chi connectivity index (χ3n) is 2.03. The van der Waals surface area contributed by atoms with E-state index < -0.39 is 0 Å². The molecule has 0 aliphatic carbocycles. The lowest BCUT2D eigenvalue weighted by Gasteiger charge is -2.07. The minimum Gasteiger partial charge on any atom is -0.464 e. The molecule has 0 unspecified atom stereocenters. The lowest BCUT2D eigenvalue weighted by Crippen LogP contribution is -1.97. The number of ether oxygens (including phenoxy) is 2. The van der Waals surface area contributed by atoms with Crippen molar-refractivity contribution < 1.29 is 9.47 Å². The maximum atomic E-state index is 5.98. The monoisotopic (exact) mass is 294 g/mol. The second-order valence-corrected chi connectivity index (χ2v) is 4.21. The molecule has 19 heavy (non-hydrogen) atoms. The van der Waals surface area contributed by atoms with E-state index in [2.05, 4.69) is 15.9 Å². The highest BCUT2D eigenvalue weighted by Crippen LogP contribution is 2.31. The van der Waals surface area contributed by atoms with Crippen LogP contribution in [0.3, 0.4) is 0 Å². The van der Waals surface area contributed by atoms with Gasteiger partial charge in [0.15, 0.2) is 6.61 Å². The number of hydrogen-bond acceptors (Lipinski definition) is 4. The molecule has 2 rings (SSSR count). The summed E-state index contributed by atoms with van der Waals surface area (Å²) >= 11 is 11.8. The van der Waals surface area contributed by atoms with Crippen molar-refractivity contribution in [3.8, 4) is 29.9 Å². The quantitative estimate of drug-likeness (QED) is 0.809. The van der Waals surface area contributed by atoms with Crippen LogP contribution in [0.15, 0.2) is 30.6 Å². The van der Waals surface area contributed by atoms with E-state index in [1.54, 1.807) is 18.2 Å². The summed E-state index contributed by atoms with van der Waals surface area (Å²) in [5.41, 5.74) is 0. The predicted molar refractivity (Wildman–Crippen MR) is 72.9 cm³/mol. The number of aromatic nitrogens is 2. The zero-order chi connectivity index (χ0) is 13.7. The van der Waals surface area contributed by atoms with Gasteiger partial charge in [0.25, 0.3) is 0 Å². The van der Waals surface area contributed by atoms with E-state index in [1.807, 2.05) is 0 Å². The molecule has 96 valence electrons. The molecule has 4 nitrogen and oxygen atoms in total. The number of nitrogens with zero attached hydrogens (tertiary/aromatic N) is 2. The van der Waals surface area contributed by atoms with Gasteiger partial charge in [0.05, 0.1) is 11.1 Å². The van der Waals surface area contributed by atoms with Crippen LogP contribution in [-0.4, -0.2) is 16.6 Å². The minimum absolute atomic E-state index is 0.119. The van der Waals surface area contributed by atoms with E-state index >= 15 is 0 Å². The molecule has 2 aromatic rings. The van der Waals surface area contributed by atoms with Crippen LogP contribution in [0.25, 0.3) is 0 Å². The SMILES string of the molecule is C#CCOc1cc(Oc2cc(Cl)ccc2Cl)ncn1. The topological polar surface area (TPSA) is 44.2 Å². The maximum absolute atomic E-state index is 5.98. The normalized spacial score (nSPS) is 9.74. The Hall–Kier alpha value is -1.96. The molecule has 0 saturated heterocycles. The minimum atomic E-state index is 0.119. The molecule has 0 fully saturated rings. The summed E-state index contributed by atoms with van der Waals surface area (Å²) in [4.78, 5) is 7.84. The highest BCUT2D eigenvalue weighted by atomic mass is 35.5. The van der Waals surface area contributed by atoms with E-state index in [-0.39, 0.29) is 12.5 Å². The van der Waals surface area contributed by atoms with Crippen molar-refractivity contribution >= 4 is 23.2 Å². The zero-order valence-corrected chi connectivity index (χ0v) is 11.1. The van der Waals surface area contributed by atoms with Crippen molar-refractivity contribution in [1.82, 2.24) is 9.97 Å².